The van der Waals surface area contributed by atoms with E-state index in [1.807, 2.05) is 4.90 Å². The first-order chi connectivity index (χ1) is 9.16. The standard InChI is InChI=1S/C16H20FNO/c1-11-10-13(6-7-14(11)17)16(19)18-9-8-12-4-2-3-5-15(12)18/h6-7,10,12,15H,2-5,8-9H2,1H3. The molecule has 2 nitrogen and oxygen atoms in total. The van der Waals surface area contributed by atoms with Crippen molar-refractivity contribution in [3.05, 3.63) is 35.1 Å². The molecular weight excluding hydrogens is 241 g/mol. The van der Waals surface area contributed by atoms with Gasteiger partial charge in [0.25, 0.3) is 5.91 Å². The van der Waals surface area contributed by atoms with Crippen LogP contribution in [0.2, 0.25) is 0 Å². The number of fused-ring (bicyclic) bond motifs is 1. The van der Waals surface area contributed by atoms with E-state index < -0.39 is 0 Å². The predicted octanol–water partition coefficient (Wildman–Crippen LogP) is 3.54. The molecule has 102 valence electrons. The summed E-state index contributed by atoms with van der Waals surface area (Å²) in [5.74, 6) is 0.533. The molecule has 2 unspecified atom stereocenters. The second-order valence-electron chi connectivity index (χ2n) is 5.86. The van der Waals surface area contributed by atoms with Crippen LogP contribution >= 0.6 is 0 Å². The van der Waals surface area contributed by atoms with Gasteiger partial charge in [-0.2, -0.15) is 0 Å². The molecule has 0 radical (unpaired) electrons. The zero-order chi connectivity index (χ0) is 13.4. The Morgan fingerprint density at radius 1 is 1.26 bits per heavy atom. The maximum Gasteiger partial charge on any atom is 0.254 e. The molecule has 1 aliphatic carbocycles. The lowest BCUT2D eigenvalue weighted by atomic mass is 9.85. The number of carbonyl (C=O) groups excluding carboxylic acids is 1. The van der Waals surface area contributed by atoms with Crippen molar-refractivity contribution in [1.29, 1.82) is 0 Å². The van der Waals surface area contributed by atoms with E-state index in [-0.39, 0.29) is 11.7 Å². The molecule has 19 heavy (non-hydrogen) atoms. The van der Waals surface area contributed by atoms with Gasteiger partial charge in [-0.3, -0.25) is 4.79 Å². The van der Waals surface area contributed by atoms with E-state index in [9.17, 15) is 9.18 Å². The number of benzene rings is 1. The third kappa shape index (κ3) is 2.26. The van der Waals surface area contributed by atoms with Crippen LogP contribution in [0.25, 0.3) is 0 Å². The molecule has 0 aromatic heterocycles. The fourth-order valence-electron chi connectivity index (χ4n) is 3.60. The lowest BCUT2D eigenvalue weighted by molar-refractivity contribution is 0.0690. The van der Waals surface area contributed by atoms with Crippen molar-refractivity contribution in [2.45, 2.75) is 45.1 Å². The Morgan fingerprint density at radius 2 is 2.05 bits per heavy atom. The molecule has 0 spiro atoms. The SMILES string of the molecule is Cc1cc(C(=O)N2CCC3CCCCC32)ccc1F. The van der Waals surface area contributed by atoms with Gasteiger partial charge in [0.1, 0.15) is 5.82 Å². The fourth-order valence-corrected chi connectivity index (χ4v) is 3.60. The molecule has 3 heteroatoms. The van der Waals surface area contributed by atoms with Gasteiger partial charge >= 0.3 is 0 Å². The monoisotopic (exact) mass is 261 g/mol. The summed E-state index contributed by atoms with van der Waals surface area (Å²) in [5.41, 5.74) is 1.18. The minimum absolute atomic E-state index is 0.0810. The van der Waals surface area contributed by atoms with Crippen LogP contribution in [0.4, 0.5) is 4.39 Å². The summed E-state index contributed by atoms with van der Waals surface area (Å²) in [6.45, 7) is 2.57. The third-order valence-electron chi connectivity index (χ3n) is 4.68. The number of nitrogens with zero attached hydrogens (tertiary/aromatic N) is 1. The first kappa shape index (κ1) is 12.6. The lowest BCUT2D eigenvalue weighted by Crippen LogP contribution is -2.39. The molecule has 1 aliphatic heterocycles. The zero-order valence-corrected chi connectivity index (χ0v) is 11.4. The normalized spacial score (nSPS) is 26.3. The highest BCUT2D eigenvalue weighted by Crippen LogP contribution is 2.36. The Bertz CT molecular complexity index is 500. The van der Waals surface area contributed by atoms with E-state index >= 15 is 0 Å². The van der Waals surface area contributed by atoms with Crippen molar-refractivity contribution in [3.8, 4) is 0 Å². The van der Waals surface area contributed by atoms with Crippen molar-refractivity contribution >= 4 is 5.91 Å². The number of likely N-dealkylation sites (tertiary alicyclic amines) is 1. The summed E-state index contributed by atoms with van der Waals surface area (Å²) in [5, 5.41) is 0. The van der Waals surface area contributed by atoms with Gasteiger partial charge in [0.15, 0.2) is 0 Å². The molecule has 2 atom stereocenters. The molecule has 3 rings (SSSR count). The molecule has 0 bridgehead atoms. The Kier molecular flexibility index (Phi) is 3.29. The van der Waals surface area contributed by atoms with Crippen LogP contribution in [-0.4, -0.2) is 23.4 Å². The largest absolute Gasteiger partial charge is 0.335 e. The van der Waals surface area contributed by atoms with Gasteiger partial charge in [0, 0.05) is 18.2 Å². The van der Waals surface area contributed by atoms with Crippen LogP contribution in [0, 0.1) is 18.7 Å². The Labute approximate surface area is 113 Å². The van der Waals surface area contributed by atoms with Crippen molar-refractivity contribution in [1.82, 2.24) is 4.90 Å². The van der Waals surface area contributed by atoms with E-state index in [1.54, 1.807) is 19.1 Å². The highest BCUT2D eigenvalue weighted by Gasteiger charge is 2.38. The maximum atomic E-state index is 13.3. The number of rotatable bonds is 1. The van der Waals surface area contributed by atoms with Crippen LogP contribution in [0.3, 0.4) is 0 Å². The van der Waals surface area contributed by atoms with Gasteiger partial charge in [-0.25, -0.2) is 4.39 Å². The second-order valence-corrected chi connectivity index (χ2v) is 5.86. The summed E-state index contributed by atoms with van der Waals surface area (Å²) < 4.78 is 13.3. The first-order valence-electron chi connectivity index (χ1n) is 7.24. The van der Waals surface area contributed by atoms with Crippen molar-refractivity contribution in [2.75, 3.05) is 6.54 Å². The Balaban J connectivity index is 1.81. The minimum atomic E-state index is -0.242. The zero-order valence-electron chi connectivity index (χ0n) is 11.4. The Morgan fingerprint density at radius 3 is 2.84 bits per heavy atom. The van der Waals surface area contributed by atoms with E-state index in [0.717, 1.165) is 19.4 Å². The summed E-state index contributed by atoms with van der Waals surface area (Å²) in [6.07, 6.45) is 6.07. The van der Waals surface area contributed by atoms with Crippen LogP contribution in [-0.2, 0) is 0 Å². The number of halogens is 1. The summed E-state index contributed by atoms with van der Waals surface area (Å²) in [4.78, 5) is 14.6. The van der Waals surface area contributed by atoms with Crippen LogP contribution in [0.5, 0.6) is 0 Å². The first-order valence-corrected chi connectivity index (χ1v) is 7.24. The molecule has 1 saturated heterocycles. The highest BCUT2D eigenvalue weighted by molar-refractivity contribution is 5.94. The molecule has 1 amide bonds. The van der Waals surface area contributed by atoms with Gasteiger partial charge in [-0.1, -0.05) is 12.8 Å². The number of hydrogen-bond acceptors (Lipinski definition) is 1. The molecule has 1 aromatic rings. The van der Waals surface area contributed by atoms with Gasteiger partial charge in [-0.05, 0) is 55.9 Å². The van der Waals surface area contributed by atoms with Crippen molar-refractivity contribution < 1.29 is 9.18 Å². The molecule has 1 aromatic carbocycles. The fraction of sp³-hybridized carbons (Fsp3) is 0.562. The second kappa shape index (κ2) is 4.95. The molecular formula is C16H20FNO. The molecule has 2 fully saturated rings. The maximum absolute atomic E-state index is 13.3. The van der Waals surface area contributed by atoms with Gasteiger partial charge in [0.2, 0.25) is 0 Å². The predicted molar refractivity (Wildman–Crippen MR) is 72.5 cm³/mol. The average Bonchev–Trinajstić information content (AvgIpc) is 2.85. The number of amides is 1. The van der Waals surface area contributed by atoms with Crippen LogP contribution in [0.1, 0.15) is 48.0 Å². The van der Waals surface area contributed by atoms with E-state index in [2.05, 4.69) is 0 Å². The van der Waals surface area contributed by atoms with E-state index in [1.165, 1.54) is 25.3 Å². The molecule has 1 saturated carbocycles. The number of hydrogen-bond donors (Lipinski definition) is 0. The summed E-state index contributed by atoms with van der Waals surface area (Å²) in [7, 11) is 0. The summed E-state index contributed by atoms with van der Waals surface area (Å²) >= 11 is 0. The number of carbonyl (C=O) groups is 1. The van der Waals surface area contributed by atoms with Gasteiger partial charge < -0.3 is 4.90 Å². The molecule has 1 heterocycles. The van der Waals surface area contributed by atoms with Crippen molar-refractivity contribution in [2.24, 2.45) is 5.92 Å². The highest BCUT2D eigenvalue weighted by atomic mass is 19.1. The third-order valence-corrected chi connectivity index (χ3v) is 4.68. The van der Waals surface area contributed by atoms with Crippen LogP contribution in [0.15, 0.2) is 18.2 Å². The molecule has 2 aliphatic rings. The van der Waals surface area contributed by atoms with Crippen molar-refractivity contribution in [3.63, 3.8) is 0 Å². The minimum Gasteiger partial charge on any atom is -0.335 e. The van der Waals surface area contributed by atoms with Gasteiger partial charge in [-0.15, -0.1) is 0 Å². The number of aryl methyl sites for hydroxylation is 1. The van der Waals surface area contributed by atoms with Crippen LogP contribution < -0.4 is 0 Å². The average molecular weight is 261 g/mol. The summed E-state index contributed by atoms with van der Waals surface area (Å²) in [6, 6.07) is 5.11. The van der Waals surface area contributed by atoms with E-state index in [4.69, 9.17) is 0 Å². The van der Waals surface area contributed by atoms with Gasteiger partial charge in [0.05, 0.1) is 0 Å². The lowest BCUT2D eigenvalue weighted by Gasteiger charge is -2.31. The smallest absolute Gasteiger partial charge is 0.254 e. The van der Waals surface area contributed by atoms with E-state index in [0.29, 0.717) is 23.1 Å². The Hall–Kier alpha value is -1.38. The quantitative estimate of drug-likeness (QED) is 0.757. The molecule has 0 N–H and O–H groups in total. The topological polar surface area (TPSA) is 20.3 Å².